The van der Waals surface area contributed by atoms with Crippen LogP contribution < -0.4 is 10.0 Å². The second-order valence-corrected chi connectivity index (χ2v) is 7.23. The average molecular weight is 322 g/mol. The maximum atomic E-state index is 12.5. The summed E-state index contributed by atoms with van der Waals surface area (Å²) in [5.74, 6) is 1.37. The average Bonchev–Trinajstić information content (AvgIpc) is 2.46. The summed E-state index contributed by atoms with van der Waals surface area (Å²) in [5, 5.41) is 1.05. The summed E-state index contributed by atoms with van der Waals surface area (Å²) in [6.07, 6.45) is 0. The van der Waals surface area contributed by atoms with Gasteiger partial charge >= 0.3 is 18.9 Å². The Morgan fingerprint density at radius 2 is 1.61 bits per heavy atom. The molecule has 2 aromatic rings. The second-order valence-electron chi connectivity index (χ2n) is 5.95. The predicted octanol–water partition coefficient (Wildman–Crippen LogP) is 3.83. The predicted molar refractivity (Wildman–Crippen MR) is 102 cm³/mol. The Bertz CT molecular complexity index is 631. The van der Waals surface area contributed by atoms with Crippen LogP contribution in [0.5, 0.6) is 5.75 Å². The number of rotatable bonds is 6. The van der Waals surface area contributed by atoms with Crippen molar-refractivity contribution < 1.29 is 9.53 Å². The van der Waals surface area contributed by atoms with Crippen LogP contribution in [-0.4, -0.2) is 31.0 Å². The van der Waals surface area contributed by atoms with Crippen LogP contribution in [0.2, 0.25) is 0 Å². The van der Waals surface area contributed by atoms with E-state index in [-0.39, 0.29) is 33.0 Å². The quantitative estimate of drug-likeness (QED) is 0.597. The van der Waals surface area contributed by atoms with Gasteiger partial charge < -0.3 is 4.74 Å². The third-order valence-electron chi connectivity index (χ3n) is 3.40. The van der Waals surface area contributed by atoms with E-state index >= 15 is 0 Å². The van der Waals surface area contributed by atoms with Gasteiger partial charge in [0.25, 0.3) is 0 Å². The number of carbonyl (C=O) groups excluding carboxylic acids is 1. The van der Waals surface area contributed by atoms with Crippen LogP contribution in [0.3, 0.4) is 0 Å². The van der Waals surface area contributed by atoms with Crippen molar-refractivity contribution in [3.63, 3.8) is 0 Å². The van der Waals surface area contributed by atoms with Crippen molar-refractivity contribution in [1.29, 1.82) is 0 Å². The molecule has 2 rings (SSSR count). The van der Waals surface area contributed by atoms with E-state index in [4.69, 9.17) is 4.74 Å². The molecule has 0 heterocycles. The number of carbonyl (C=O) groups is 1. The van der Waals surface area contributed by atoms with Crippen molar-refractivity contribution in [1.82, 2.24) is 0 Å². The van der Waals surface area contributed by atoms with E-state index in [2.05, 4.69) is 13.8 Å². The van der Waals surface area contributed by atoms with Gasteiger partial charge in [0, 0.05) is 5.56 Å². The van der Waals surface area contributed by atoms with E-state index in [1.165, 1.54) is 0 Å². The molecule has 0 saturated heterocycles. The van der Waals surface area contributed by atoms with Crippen molar-refractivity contribution in [2.45, 2.75) is 27.7 Å². The molecule has 4 heteroatoms. The normalized spacial score (nSPS) is 10.8. The summed E-state index contributed by atoms with van der Waals surface area (Å²) in [7, 11) is 0.148. The molecule has 0 amide bonds. The molecule has 1 unspecified atom stereocenters. The zero-order valence-corrected chi connectivity index (χ0v) is 14.6. The Labute approximate surface area is 153 Å². The number of benzene rings is 2. The molecule has 0 aliphatic rings. The SMILES string of the molecule is Cc1cccc(C)c1C(=O)Pc1ccc(OCC(C)C)cc1.[LiH]. The van der Waals surface area contributed by atoms with Crippen molar-refractivity contribution in [3.8, 4) is 5.75 Å². The Kier molecular flexibility index (Phi) is 8.07. The minimum absolute atomic E-state index is 0. The number of hydrogen-bond acceptors (Lipinski definition) is 2. The number of hydrogen-bond donors (Lipinski definition) is 0. The van der Waals surface area contributed by atoms with Crippen LogP contribution in [0, 0.1) is 19.8 Å². The molecule has 0 N–H and O–H groups in total. The molecule has 0 aliphatic heterocycles. The summed E-state index contributed by atoms with van der Waals surface area (Å²) < 4.78 is 5.67. The molecular formula is C19H24LiO2P. The molecular weight excluding hydrogens is 298 g/mol. The van der Waals surface area contributed by atoms with E-state index in [9.17, 15) is 4.79 Å². The van der Waals surface area contributed by atoms with Gasteiger partial charge in [0.2, 0.25) is 0 Å². The molecule has 2 nitrogen and oxygen atoms in total. The third kappa shape index (κ3) is 5.81. The van der Waals surface area contributed by atoms with Crippen molar-refractivity contribution in [2.24, 2.45) is 5.92 Å². The van der Waals surface area contributed by atoms with Gasteiger partial charge in [-0.1, -0.05) is 44.2 Å². The van der Waals surface area contributed by atoms with Gasteiger partial charge in [-0.05, 0) is 56.9 Å². The molecule has 0 bridgehead atoms. The van der Waals surface area contributed by atoms with Gasteiger partial charge in [0.05, 0.1) is 6.61 Å². The fourth-order valence-electron chi connectivity index (χ4n) is 2.26. The molecule has 23 heavy (non-hydrogen) atoms. The van der Waals surface area contributed by atoms with Crippen molar-refractivity contribution in [2.75, 3.05) is 6.61 Å². The Morgan fingerprint density at radius 1 is 1.04 bits per heavy atom. The Morgan fingerprint density at radius 3 is 2.13 bits per heavy atom. The summed E-state index contributed by atoms with van der Waals surface area (Å²) in [4.78, 5) is 12.5. The van der Waals surface area contributed by atoms with E-state index < -0.39 is 0 Å². The first-order chi connectivity index (χ1) is 10.5. The summed E-state index contributed by atoms with van der Waals surface area (Å²) in [6.45, 7) is 8.95. The first kappa shape index (κ1) is 20.0. The zero-order valence-electron chi connectivity index (χ0n) is 13.6. The number of ether oxygens (including phenoxy) is 1. The molecule has 0 fully saturated rings. The van der Waals surface area contributed by atoms with Crippen LogP contribution >= 0.6 is 8.58 Å². The molecule has 0 aliphatic carbocycles. The van der Waals surface area contributed by atoms with Crippen LogP contribution in [0.15, 0.2) is 42.5 Å². The Balaban J connectivity index is 0.00000264. The molecule has 0 radical (unpaired) electrons. The second kappa shape index (κ2) is 9.29. The first-order valence-corrected chi connectivity index (χ1v) is 8.58. The fourth-order valence-corrected chi connectivity index (χ4v) is 3.38. The Hall–Kier alpha value is -1.06. The molecule has 1 atom stereocenters. The first-order valence-electron chi connectivity index (χ1n) is 7.58. The summed E-state index contributed by atoms with van der Waals surface area (Å²) in [6, 6.07) is 13.8. The van der Waals surface area contributed by atoms with Crippen LogP contribution in [0.25, 0.3) is 0 Å². The number of aryl methyl sites for hydroxylation is 2. The van der Waals surface area contributed by atoms with E-state index in [0.29, 0.717) is 12.5 Å². The van der Waals surface area contributed by atoms with Gasteiger partial charge in [-0.25, -0.2) is 0 Å². The standard InChI is InChI=1S/C19H23O2P.Li.H/c1-13(2)12-21-16-8-10-17(11-9-16)22-19(20)18-14(3)6-5-7-15(18)4;;/h5-11,13,22H,12H2,1-4H3;;. The molecule has 118 valence electrons. The fraction of sp³-hybridized carbons (Fsp3) is 0.316. The van der Waals surface area contributed by atoms with Crippen molar-refractivity contribution in [3.05, 3.63) is 59.2 Å². The molecule has 0 aromatic heterocycles. The van der Waals surface area contributed by atoms with Crippen molar-refractivity contribution >= 4 is 38.3 Å². The van der Waals surface area contributed by atoms with E-state index in [1.807, 2.05) is 56.3 Å². The van der Waals surface area contributed by atoms with Gasteiger partial charge in [0.1, 0.15) is 5.75 Å². The monoisotopic (exact) mass is 322 g/mol. The van der Waals surface area contributed by atoms with Crippen LogP contribution in [0.4, 0.5) is 0 Å². The topological polar surface area (TPSA) is 26.3 Å². The summed E-state index contributed by atoms with van der Waals surface area (Å²) in [5.41, 5.74) is 3.16. The van der Waals surface area contributed by atoms with Gasteiger partial charge in [-0.15, -0.1) is 0 Å². The van der Waals surface area contributed by atoms with Gasteiger partial charge in [0.15, 0.2) is 5.52 Å². The zero-order chi connectivity index (χ0) is 16.1. The van der Waals surface area contributed by atoms with Crippen LogP contribution in [0.1, 0.15) is 35.3 Å². The van der Waals surface area contributed by atoms with Crippen LogP contribution in [-0.2, 0) is 0 Å². The molecule has 2 aromatic carbocycles. The van der Waals surface area contributed by atoms with E-state index in [1.54, 1.807) is 0 Å². The van der Waals surface area contributed by atoms with Gasteiger partial charge in [-0.2, -0.15) is 0 Å². The molecule has 0 spiro atoms. The maximum absolute atomic E-state index is 12.5. The third-order valence-corrected chi connectivity index (χ3v) is 4.50. The van der Waals surface area contributed by atoms with Gasteiger partial charge in [-0.3, -0.25) is 4.79 Å². The minimum atomic E-state index is 0. The summed E-state index contributed by atoms with van der Waals surface area (Å²) >= 11 is 0. The molecule has 0 saturated carbocycles. The van der Waals surface area contributed by atoms with E-state index in [0.717, 1.165) is 27.7 Å².